The molecule has 148 valence electrons. The lowest BCUT2D eigenvalue weighted by molar-refractivity contribution is 0.0955. The van der Waals surface area contributed by atoms with Crippen molar-refractivity contribution in [1.82, 2.24) is 19.9 Å². The fourth-order valence-electron chi connectivity index (χ4n) is 3.85. The highest BCUT2D eigenvalue weighted by atomic mass is 16.1. The minimum atomic E-state index is -0.0610. The Hall–Kier alpha value is -3.86. The van der Waals surface area contributed by atoms with Crippen LogP contribution in [0.1, 0.15) is 21.7 Å². The molecular weight excluding hydrogens is 372 g/mol. The number of para-hydroxylation sites is 3. The first-order valence-corrected chi connectivity index (χ1v) is 10.1. The predicted octanol–water partition coefficient (Wildman–Crippen LogP) is 4.54. The molecule has 5 aromatic rings. The van der Waals surface area contributed by atoms with Crippen LogP contribution in [0.15, 0.2) is 85.1 Å². The third-order valence-electron chi connectivity index (χ3n) is 5.31. The van der Waals surface area contributed by atoms with E-state index in [9.17, 15) is 4.79 Å². The number of hydrogen-bond acceptors (Lipinski definition) is 2. The summed E-state index contributed by atoms with van der Waals surface area (Å²) in [6.45, 7) is 1.25. The zero-order chi connectivity index (χ0) is 20.3. The van der Waals surface area contributed by atoms with Gasteiger partial charge in [0.05, 0.1) is 16.6 Å². The zero-order valence-electron chi connectivity index (χ0n) is 16.5. The molecule has 0 saturated carbocycles. The minimum Gasteiger partial charge on any atom is -0.352 e. The van der Waals surface area contributed by atoms with Crippen LogP contribution in [-0.2, 0) is 13.0 Å². The maximum absolute atomic E-state index is 12.9. The molecule has 5 heteroatoms. The molecule has 5 rings (SSSR count). The lowest BCUT2D eigenvalue weighted by atomic mass is 10.1. The molecule has 0 fully saturated rings. The topological polar surface area (TPSA) is 62.7 Å². The Kier molecular flexibility index (Phi) is 4.77. The van der Waals surface area contributed by atoms with Crippen LogP contribution in [0.5, 0.6) is 0 Å². The van der Waals surface area contributed by atoms with Crippen LogP contribution in [-0.4, -0.2) is 27.0 Å². The number of nitrogens with one attached hydrogen (secondary N) is 2. The number of amides is 1. The zero-order valence-corrected chi connectivity index (χ0v) is 16.5. The maximum Gasteiger partial charge on any atom is 0.253 e. The van der Waals surface area contributed by atoms with Gasteiger partial charge in [0.2, 0.25) is 0 Å². The van der Waals surface area contributed by atoms with E-state index < -0.39 is 0 Å². The van der Waals surface area contributed by atoms with Crippen molar-refractivity contribution in [2.24, 2.45) is 0 Å². The lowest BCUT2D eigenvalue weighted by Crippen LogP contribution is -2.25. The molecule has 0 spiro atoms. The molecule has 1 amide bonds. The van der Waals surface area contributed by atoms with Gasteiger partial charge < -0.3 is 14.9 Å². The average molecular weight is 394 g/mol. The Morgan fingerprint density at radius 3 is 2.57 bits per heavy atom. The molecule has 0 aliphatic rings. The van der Waals surface area contributed by atoms with Crippen LogP contribution in [0.25, 0.3) is 21.9 Å². The van der Waals surface area contributed by atoms with Crippen molar-refractivity contribution in [3.63, 3.8) is 0 Å². The molecule has 2 aromatic heterocycles. The molecule has 0 atom stereocenters. The molecule has 5 nitrogen and oxygen atoms in total. The van der Waals surface area contributed by atoms with E-state index in [0.717, 1.165) is 34.3 Å². The predicted molar refractivity (Wildman–Crippen MR) is 120 cm³/mol. The van der Waals surface area contributed by atoms with Crippen molar-refractivity contribution >= 4 is 27.8 Å². The number of H-pyrrole nitrogens is 1. The summed E-state index contributed by atoms with van der Waals surface area (Å²) >= 11 is 0. The van der Waals surface area contributed by atoms with Crippen molar-refractivity contribution in [2.75, 3.05) is 6.54 Å². The Morgan fingerprint density at radius 2 is 1.70 bits per heavy atom. The van der Waals surface area contributed by atoms with E-state index >= 15 is 0 Å². The fourth-order valence-corrected chi connectivity index (χ4v) is 3.85. The van der Waals surface area contributed by atoms with Crippen LogP contribution >= 0.6 is 0 Å². The molecule has 0 unspecified atom stereocenters. The first-order chi connectivity index (χ1) is 14.8. The van der Waals surface area contributed by atoms with Gasteiger partial charge in [-0.2, -0.15) is 0 Å². The number of fused-ring (bicyclic) bond motifs is 2. The van der Waals surface area contributed by atoms with Crippen molar-refractivity contribution in [1.29, 1.82) is 0 Å². The van der Waals surface area contributed by atoms with E-state index in [2.05, 4.69) is 38.1 Å². The summed E-state index contributed by atoms with van der Waals surface area (Å²) < 4.78 is 2.14. The Labute approximate surface area is 174 Å². The van der Waals surface area contributed by atoms with Crippen molar-refractivity contribution in [2.45, 2.75) is 13.0 Å². The van der Waals surface area contributed by atoms with E-state index in [4.69, 9.17) is 0 Å². The van der Waals surface area contributed by atoms with Crippen LogP contribution in [0.4, 0.5) is 0 Å². The Morgan fingerprint density at radius 1 is 0.933 bits per heavy atom. The van der Waals surface area contributed by atoms with Gasteiger partial charge >= 0.3 is 0 Å². The summed E-state index contributed by atoms with van der Waals surface area (Å²) in [5.74, 6) is 0.817. The van der Waals surface area contributed by atoms with Gasteiger partial charge in [-0.3, -0.25) is 4.79 Å². The number of carbonyl (C=O) groups is 1. The number of aromatic nitrogens is 3. The smallest absolute Gasteiger partial charge is 0.253 e. The monoisotopic (exact) mass is 394 g/mol. The van der Waals surface area contributed by atoms with Crippen LogP contribution in [0, 0.1) is 0 Å². The number of nitrogens with zero attached hydrogens (tertiary/aromatic N) is 2. The highest BCUT2D eigenvalue weighted by Crippen LogP contribution is 2.22. The quantitative estimate of drug-likeness (QED) is 0.444. The highest BCUT2D eigenvalue weighted by Gasteiger charge is 2.15. The molecule has 0 saturated heterocycles. The molecule has 2 heterocycles. The second kappa shape index (κ2) is 7.87. The van der Waals surface area contributed by atoms with E-state index in [1.165, 1.54) is 5.56 Å². The number of hydrogen-bond donors (Lipinski definition) is 2. The maximum atomic E-state index is 12.9. The molecular formula is C25H22N4O. The Balaban J connectivity index is 1.33. The third-order valence-corrected chi connectivity index (χ3v) is 5.31. The summed E-state index contributed by atoms with van der Waals surface area (Å²) in [6, 6.07) is 26.3. The lowest BCUT2D eigenvalue weighted by Gasteiger charge is -2.05. The number of benzene rings is 3. The molecule has 2 N–H and O–H groups in total. The van der Waals surface area contributed by atoms with Gasteiger partial charge in [0.15, 0.2) is 0 Å². The van der Waals surface area contributed by atoms with E-state index in [-0.39, 0.29) is 5.91 Å². The fraction of sp³-hybridized carbons (Fsp3) is 0.120. The first kappa shape index (κ1) is 18.2. The summed E-state index contributed by atoms with van der Waals surface area (Å²) in [5.41, 5.74) is 4.93. The first-order valence-electron chi connectivity index (χ1n) is 10.1. The SMILES string of the molecule is O=C(NCCc1nc2ccccc2[nH]1)c1cn(Cc2ccccc2)c2ccccc12. The second-order valence-corrected chi connectivity index (χ2v) is 7.38. The van der Waals surface area contributed by atoms with Gasteiger partial charge in [0, 0.05) is 36.6 Å². The summed E-state index contributed by atoms with van der Waals surface area (Å²) in [6.07, 6.45) is 2.61. The van der Waals surface area contributed by atoms with Gasteiger partial charge in [0.25, 0.3) is 5.91 Å². The molecule has 0 aliphatic carbocycles. The molecule has 0 radical (unpaired) electrons. The molecule has 3 aromatic carbocycles. The molecule has 0 bridgehead atoms. The number of imidazole rings is 1. The normalized spacial score (nSPS) is 11.2. The van der Waals surface area contributed by atoms with E-state index in [1.54, 1.807) is 0 Å². The largest absolute Gasteiger partial charge is 0.352 e. The number of carbonyl (C=O) groups excluding carboxylic acids is 1. The minimum absolute atomic E-state index is 0.0610. The molecule has 0 aliphatic heterocycles. The van der Waals surface area contributed by atoms with Crippen molar-refractivity contribution in [3.05, 3.63) is 102 Å². The van der Waals surface area contributed by atoms with E-state index in [0.29, 0.717) is 18.5 Å². The van der Waals surface area contributed by atoms with Gasteiger partial charge in [-0.05, 0) is 23.8 Å². The number of rotatable bonds is 6. The standard InChI is InChI=1S/C25H22N4O/c30-25(26-15-14-24-27-21-11-5-6-12-22(21)28-24)20-17-29(16-18-8-2-1-3-9-18)23-13-7-4-10-19(20)23/h1-13,17H,14-16H2,(H,26,30)(H,27,28). The van der Waals surface area contributed by atoms with Gasteiger partial charge in [0.1, 0.15) is 5.82 Å². The molecule has 30 heavy (non-hydrogen) atoms. The second-order valence-electron chi connectivity index (χ2n) is 7.38. The average Bonchev–Trinajstić information content (AvgIpc) is 3.36. The summed E-state index contributed by atoms with van der Waals surface area (Å²) in [5, 5.41) is 4.02. The highest BCUT2D eigenvalue weighted by molar-refractivity contribution is 6.07. The van der Waals surface area contributed by atoms with E-state index in [1.807, 2.05) is 66.9 Å². The van der Waals surface area contributed by atoms with Crippen LogP contribution < -0.4 is 5.32 Å². The van der Waals surface area contributed by atoms with Crippen molar-refractivity contribution < 1.29 is 4.79 Å². The van der Waals surface area contributed by atoms with Crippen molar-refractivity contribution in [3.8, 4) is 0 Å². The third kappa shape index (κ3) is 3.57. The van der Waals surface area contributed by atoms with Crippen LogP contribution in [0.3, 0.4) is 0 Å². The van der Waals surface area contributed by atoms with Crippen LogP contribution in [0.2, 0.25) is 0 Å². The van der Waals surface area contributed by atoms with Gasteiger partial charge in [-0.15, -0.1) is 0 Å². The number of aromatic amines is 1. The summed E-state index contributed by atoms with van der Waals surface area (Å²) in [7, 11) is 0. The summed E-state index contributed by atoms with van der Waals surface area (Å²) in [4.78, 5) is 20.8. The van der Waals surface area contributed by atoms with Gasteiger partial charge in [-0.25, -0.2) is 4.98 Å². The van der Waals surface area contributed by atoms with Gasteiger partial charge in [-0.1, -0.05) is 60.7 Å². The Bertz CT molecular complexity index is 1280.